The third kappa shape index (κ3) is 2.98. The molecular formula is C9H6BrClN2O2S2. The second kappa shape index (κ2) is 4.93. The summed E-state index contributed by atoms with van der Waals surface area (Å²) in [6.07, 6.45) is 1.36. The van der Waals surface area contributed by atoms with Gasteiger partial charge in [0, 0.05) is 0 Å². The average Bonchev–Trinajstić information content (AvgIpc) is 2.77. The van der Waals surface area contributed by atoms with Crippen LogP contribution in [0.4, 0.5) is 5.69 Å². The summed E-state index contributed by atoms with van der Waals surface area (Å²) in [5.74, 6) is 0. The number of pyridine rings is 1. The van der Waals surface area contributed by atoms with Crippen LogP contribution < -0.4 is 4.72 Å². The van der Waals surface area contributed by atoms with Crippen molar-refractivity contribution in [1.82, 2.24) is 4.98 Å². The summed E-state index contributed by atoms with van der Waals surface area (Å²) >= 11 is 10.0. The van der Waals surface area contributed by atoms with Crippen molar-refractivity contribution < 1.29 is 8.42 Å². The molecule has 0 aromatic carbocycles. The Bertz CT molecular complexity index is 628. The van der Waals surface area contributed by atoms with Gasteiger partial charge in [-0.3, -0.25) is 4.72 Å². The van der Waals surface area contributed by atoms with E-state index in [1.807, 2.05) is 0 Å². The predicted molar refractivity (Wildman–Crippen MR) is 72.1 cm³/mol. The lowest BCUT2D eigenvalue weighted by Crippen LogP contribution is -2.11. The molecule has 0 fully saturated rings. The lowest BCUT2D eigenvalue weighted by atomic mass is 10.4. The SMILES string of the molecule is O=S(=O)(Nc1cnc(Cl)c(Br)c1)c1cccs1. The first-order chi connectivity index (χ1) is 7.99. The number of hydrogen-bond donors (Lipinski definition) is 1. The van der Waals surface area contributed by atoms with E-state index in [1.54, 1.807) is 17.5 Å². The zero-order chi connectivity index (χ0) is 12.5. The number of hydrogen-bond acceptors (Lipinski definition) is 4. The molecule has 0 aliphatic rings. The van der Waals surface area contributed by atoms with Crippen molar-refractivity contribution in [2.75, 3.05) is 4.72 Å². The zero-order valence-electron chi connectivity index (χ0n) is 8.22. The van der Waals surface area contributed by atoms with Gasteiger partial charge in [-0.05, 0) is 33.4 Å². The average molecular weight is 354 g/mol. The second-order valence-electron chi connectivity index (χ2n) is 3.03. The molecule has 1 N–H and O–H groups in total. The van der Waals surface area contributed by atoms with Gasteiger partial charge in [0.15, 0.2) is 0 Å². The van der Waals surface area contributed by atoms with E-state index >= 15 is 0 Å². The summed E-state index contributed by atoms with van der Waals surface area (Å²) in [6.45, 7) is 0. The number of rotatable bonds is 3. The minimum atomic E-state index is -3.54. The number of halogens is 2. The molecule has 4 nitrogen and oxygen atoms in total. The highest BCUT2D eigenvalue weighted by Crippen LogP contribution is 2.25. The minimum absolute atomic E-state index is 0.253. The molecule has 2 heterocycles. The third-order valence-corrected chi connectivity index (χ3v) is 5.72. The minimum Gasteiger partial charge on any atom is -0.277 e. The largest absolute Gasteiger partial charge is 0.277 e. The second-order valence-corrected chi connectivity index (χ2v) is 7.10. The smallest absolute Gasteiger partial charge is 0.271 e. The van der Waals surface area contributed by atoms with E-state index in [0.717, 1.165) is 11.3 Å². The van der Waals surface area contributed by atoms with Gasteiger partial charge in [0.2, 0.25) is 0 Å². The normalized spacial score (nSPS) is 11.4. The van der Waals surface area contributed by atoms with Gasteiger partial charge in [0.25, 0.3) is 10.0 Å². The van der Waals surface area contributed by atoms with E-state index in [9.17, 15) is 8.42 Å². The molecule has 90 valence electrons. The number of anilines is 1. The van der Waals surface area contributed by atoms with Gasteiger partial charge in [0.05, 0.1) is 16.4 Å². The molecule has 8 heteroatoms. The van der Waals surface area contributed by atoms with Crippen LogP contribution in [0.3, 0.4) is 0 Å². The number of nitrogens with zero attached hydrogens (tertiary/aromatic N) is 1. The van der Waals surface area contributed by atoms with Crippen molar-refractivity contribution in [2.24, 2.45) is 0 Å². The van der Waals surface area contributed by atoms with E-state index < -0.39 is 10.0 Å². The topological polar surface area (TPSA) is 59.1 Å². The summed E-state index contributed by atoms with van der Waals surface area (Å²) in [6, 6.07) is 4.77. The first-order valence-electron chi connectivity index (χ1n) is 4.36. The van der Waals surface area contributed by atoms with Crippen molar-refractivity contribution >= 4 is 54.6 Å². The lowest BCUT2D eigenvalue weighted by molar-refractivity contribution is 0.603. The lowest BCUT2D eigenvalue weighted by Gasteiger charge is -2.06. The quantitative estimate of drug-likeness (QED) is 0.861. The summed E-state index contributed by atoms with van der Waals surface area (Å²) in [4.78, 5) is 3.84. The Kier molecular flexibility index (Phi) is 3.72. The van der Waals surface area contributed by atoms with Gasteiger partial charge in [-0.1, -0.05) is 17.7 Å². The molecule has 0 radical (unpaired) electrons. The van der Waals surface area contributed by atoms with Crippen LogP contribution in [-0.4, -0.2) is 13.4 Å². The van der Waals surface area contributed by atoms with Gasteiger partial charge in [-0.15, -0.1) is 11.3 Å². The monoisotopic (exact) mass is 352 g/mol. The maximum Gasteiger partial charge on any atom is 0.271 e. The van der Waals surface area contributed by atoms with Crippen LogP contribution >= 0.6 is 38.9 Å². The fraction of sp³-hybridized carbons (Fsp3) is 0. The van der Waals surface area contributed by atoms with Gasteiger partial charge in [0.1, 0.15) is 9.36 Å². The molecule has 2 rings (SSSR count). The van der Waals surface area contributed by atoms with Crippen LogP contribution in [0.25, 0.3) is 0 Å². The highest BCUT2D eigenvalue weighted by molar-refractivity contribution is 9.10. The Morgan fingerprint density at radius 2 is 2.24 bits per heavy atom. The summed E-state index contributed by atoms with van der Waals surface area (Å²) in [5, 5.41) is 1.98. The zero-order valence-corrected chi connectivity index (χ0v) is 12.2. The van der Waals surface area contributed by atoms with E-state index in [-0.39, 0.29) is 9.36 Å². The molecule has 0 aliphatic heterocycles. The van der Waals surface area contributed by atoms with Gasteiger partial charge < -0.3 is 0 Å². The molecule has 0 amide bonds. The van der Waals surface area contributed by atoms with Crippen LogP contribution in [0.5, 0.6) is 0 Å². The third-order valence-electron chi connectivity index (χ3n) is 1.81. The van der Waals surface area contributed by atoms with Crippen LogP contribution in [0.2, 0.25) is 5.15 Å². The Hall–Kier alpha value is -0.630. The van der Waals surface area contributed by atoms with Gasteiger partial charge >= 0.3 is 0 Å². The maximum absolute atomic E-state index is 11.9. The molecule has 0 saturated carbocycles. The van der Waals surface area contributed by atoms with Crippen molar-refractivity contribution in [2.45, 2.75) is 4.21 Å². The standard InChI is InChI=1S/C9H6BrClN2O2S2/c10-7-4-6(5-12-9(7)11)13-17(14,15)8-2-1-3-16-8/h1-5,13H. The van der Waals surface area contributed by atoms with Gasteiger partial charge in [-0.2, -0.15) is 0 Å². The molecule has 2 aromatic heterocycles. The Morgan fingerprint density at radius 3 is 2.82 bits per heavy atom. The van der Waals surface area contributed by atoms with Crippen LogP contribution in [0, 0.1) is 0 Å². The maximum atomic E-state index is 11.9. The Labute approximate surface area is 116 Å². The van der Waals surface area contributed by atoms with E-state index in [1.165, 1.54) is 12.3 Å². The molecule has 2 aromatic rings. The molecule has 0 bridgehead atoms. The van der Waals surface area contributed by atoms with Crippen LogP contribution in [-0.2, 0) is 10.0 Å². The fourth-order valence-corrected chi connectivity index (χ4v) is 3.58. The molecule has 0 atom stereocenters. The van der Waals surface area contributed by atoms with Crippen molar-refractivity contribution in [1.29, 1.82) is 0 Å². The first kappa shape index (κ1) is 12.8. The van der Waals surface area contributed by atoms with Gasteiger partial charge in [-0.25, -0.2) is 13.4 Å². The number of thiophene rings is 1. The van der Waals surface area contributed by atoms with E-state index in [4.69, 9.17) is 11.6 Å². The first-order valence-corrected chi connectivity index (χ1v) is 7.90. The van der Waals surface area contributed by atoms with E-state index in [2.05, 4.69) is 25.6 Å². The Morgan fingerprint density at radius 1 is 1.47 bits per heavy atom. The highest BCUT2D eigenvalue weighted by atomic mass is 79.9. The van der Waals surface area contributed by atoms with Crippen LogP contribution in [0.15, 0.2) is 38.5 Å². The number of sulfonamides is 1. The molecule has 0 unspecified atom stereocenters. The van der Waals surface area contributed by atoms with Crippen molar-refractivity contribution in [3.63, 3.8) is 0 Å². The number of nitrogens with one attached hydrogen (secondary N) is 1. The summed E-state index contributed by atoms with van der Waals surface area (Å²) in [5.41, 5.74) is 0.356. The summed E-state index contributed by atoms with van der Waals surface area (Å²) < 4.78 is 27.0. The Balaban J connectivity index is 2.30. The molecule has 17 heavy (non-hydrogen) atoms. The van der Waals surface area contributed by atoms with Crippen molar-refractivity contribution in [3.05, 3.63) is 39.4 Å². The van der Waals surface area contributed by atoms with Crippen molar-refractivity contribution in [3.8, 4) is 0 Å². The predicted octanol–water partition coefficient (Wildman–Crippen LogP) is 3.36. The molecule has 0 spiro atoms. The van der Waals surface area contributed by atoms with E-state index in [0.29, 0.717) is 10.2 Å². The molecule has 0 saturated heterocycles. The fourth-order valence-electron chi connectivity index (χ4n) is 1.10. The molecule has 0 aliphatic carbocycles. The summed E-state index contributed by atoms with van der Waals surface area (Å²) in [7, 11) is -3.54. The number of aromatic nitrogens is 1. The van der Waals surface area contributed by atoms with Crippen LogP contribution in [0.1, 0.15) is 0 Å². The molecular weight excluding hydrogens is 348 g/mol. The highest BCUT2D eigenvalue weighted by Gasteiger charge is 2.15.